The molecule has 1 heterocycles. The zero-order valence-electron chi connectivity index (χ0n) is 33.2. The van der Waals surface area contributed by atoms with Crippen molar-refractivity contribution in [2.24, 2.45) is 0 Å². The zero-order chi connectivity index (χ0) is 40.1. The highest BCUT2D eigenvalue weighted by Crippen LogP contribution is 2.64. The molecule has 0 aromatic heterocycles. The van der Waals surface area contributed by atoms with E-state index in [1.54, 1.807) is 0 Å². The molecule has 2 nitrogen and oxygen atoms in total. The van der Waals surface area contributed by atoms with Gasteiger partial charge >= 0.3 is 0 Å². The Hall–Kier alpha value is -7.94. The Bertz CT molecular complexity index is 3490. The maximum absolute atomic E-state index is 7.15. The third kappa shape index (κ3) is 4.91. The monoisotopic (exact) mass is 775 g/mol. The second kappa shape index (κ2) is 13.0. The van der Waals surface area contributed by atoms with Crippen LogP contribution in [-0.2, 0) is 5.41 Å². The summed E-state index contributed by atoms with van der Waals surface area (Å²) in [6, 6.07) is 82.2. The average molecular weight is 776 g/mol. The Balaban J connectivity index is 0.988. The summed E-state index contributed by atoms with van der Waals surface area (Å²) < 4.78 is 7.15. The van der Waals surface area contributed by atoms with E-state index in [1.165, 1.54) is 76.8 Å². The van der Waals surface area contributed by atoms with Gasteiger partial charge in [-0.2, -0.15) is 0 Å². The van der Waals surface area contributed by atoms with E-state index in [4.69, 9.17) is 4.74 Å². The van der Waals surface area contributed by atoms with E-state index < -0.39 is 5.41 Å². The van der Waals surface area contributed by atoms with Crippen LogP contribution in [0.25, 0.3) is 65.3 Å². The van der Waals surface area contributed by atoms with Gasteiger partial charge in [0.2, 0.25) is 0 Å². The molecule has 0 saturated carbocycles. The lowest BCUT2D eigenvalue weighted by Crippen LogP contribution is -2.32. The third-order valence-electron chi connectivity index (χ3n) is 13.3. The Labute approximate surface area is 354 Å². The molecule has 2 aliphatic rings. The minimum Gasteiger partial charge on any atom is -0.455 e. The van der Waals surface area contributed by atoms with Crippen molar-refractivity contribution in [2.45, 2.75) is 5.41 Å². The van der Waals surface area contributed by atoms with Gasteiger partial charge in [-0.25, -0.2) is 0 Å². The third-order valence-corrected chi connectivity index (χ3v) is 13.3. The van der Waals surface area contributed by atoms with Gasteiger partial charge in [0.05, 0.1) is 11.1 Å². The minimum absolute atomic E-state index is 0.565. The summed E-state index contributed by atoms with van der Waals surface area (Å²) in [7, 11) is 0. The van der Waals surface area contributed by atoms with Crippen LogP contribution in [0, 0.1) is 0 Å². The van der Waals surface area contributed by atoms with E-state index in [1.807, 2.05) is 0 Å². The van der Waals surface area contributed by atoms with Gasteiger partial charge in [0.1, 0.15) is 11.5 Å². The first kappa shape index (κ1) is 34.0. The summed E-state index contributed by atoms with van der Waals surface area (Å²) in [5.41, 5.74) is 12.6. The van der Waals surface area contributed by atoms with E-state index in [0.29, 0.717) is 0 Å². The highest BCUT2D eigenvalue weighted by molar-refractivity contribution is 6.02. The van der Waals surface area contributed by atoms with Gasteiger partial charge in [0.25, 0.3) is 0 Å². The number of rotatable bonds is 4. The lowest BCUT2D eigenvalue weighted by atomic mass is 9.65. The van der Waals surface area contributed by atoms with E-state index in [2.05, 4.69) is 229 Å². The van der Waals surface area contributed by atoms with Crippen molar-refractivity contribution in [1.82, 2.24) is 0 Å². The van der Waals surface area contributed by atoms with Gasteiger partial charge < -0.3 is 9.64 Å². The second-order valence-electron chi connectivity index (χ2n) is 16.4. The predicted molar refractivity (Wildman–Crippen MR) is 254 cm³/mol. The molecule has 1 spiro atoms. The van der Waals surface area contributed by atoms with Gasteiger partial charge in [0, 0.05) is 38.7 Å². The first-order chi connectivity index (χ1) is 30.2. The molecule has 11 aromatic rings. The molecule has 0 amide bonds. The zero-order valence-corrected chi connectivity index (χ0v) is 33.2. The first-order valence-electron chi connectivity index (χ1n) is 21.1. The normalized spacial score (nSPS) is 13.2. The molecule has 11 aromatic carbocycles. The van der Waals surface area contributed by atoms with Crippen LogP contribution in [0.3, 0.4) is 0 Å². The van der Waals surface area contributed by atoms with Crippen LogP contribution in [0.5, 0.6) is 11.5 Å². The van der Waals surface area contributed by atoms with E-state index in [0.717, 1.165) is 39.3 Å². The second-order valence-corrected chi connectivity index (χ2v) is 16.4. The van der Waals surface area contributed by atoms with Crippen LogP contribution >= 0.6 is 0 Å². The largest absolute Gasteiger partial charge is 0.455 e. The predicted octanol–water partition coefficient (Wildman–Crippen LogP) is 15.9. The topological polar surface area (TPSA) is 12.5 Å². The number of hydrogen-bond acceptors (Lipinski definition) is 2. The van der Waals surface area contributed by atoms with Gasteiger partial charge in [-0.1, -0.05) is 188 Å². The number of ether oxygens (including phenoxy) is 1. The molecule has 0 radical (unpaired) electrons. The molecule has 13 rings (SSSR count). The molecule has 0 unspecified atom stereocenters. The van der Waals surface area contributed by atoms with Crippen LogP contribution in [0.1, 0.15) is 22.3 Å². The summed E-state index contributed by atoms with van der Waals surface area (Å²) in [5, 5.41) is 9.47. The van der Waals surface area contributed by atoms with Crippen molar-refractivity contribution in [3.8, 4) is 33.8 Å². The van der Waals surface area contributed by atoms with Gasteiger partial charge in [-0.05, 0) is 96.7 Å². The fraction of sp³-hybridized carbons (Fsp3) is 0.0169. The van der Waals surface area contributed by atoms with Crippen LogP contribution in [-0.4, -0.2) is 0 Å². The summed E-state index contributed by atoms with van der Waals surface area (Å²) in [6.45, 7) is 0. The molecule has 284 valence electrons. The van der Waals surface area contributed by atoms with Crippen molar-refractivity contribution in [3.63, 3.8) is 0 Å². The first-order valence-corrected chi connectivity index (χ1v) is 21.1. The summed E-state index contributed by atoms with van der Waals surface area (Å²) in [4.78, 5) is 2.40. The SMILES string of the molecule is c1ccc2c(c1)-c1cc(-c3ccc(N(c4ccc5ccccc5c4)c4cccc5ccccc45)cc3)ccc1C21c2ccc3ccccc3c2Oc2c1ccc1ccccc21. The molecule has 2 heteroatoms. The van der Waals surface area contributed by atoms with E-state index in [-0.39, 0.29) is 0 Å². The number of benzene rings is 11. The fourth-order valence-corrected chi connectivity index (χ4v) is 10.5. The molecule has 1 aliphatic heterocycles. The molecule has 61 heavy (non-hydrogen) atoms. The molecule has 1 aliphatic carbocycles. The summed E-state index contributed by atoms with van der Waals surface area (Å²) in [6.07, 6.45) is 0. The molecular weight excluding hydrogens is 739 g/mol. The maximum Gasteiger partial charge on any atom is 0.140 e. The molecule has 0 N–H and O–H groups in total. The minimum atomic E-state index is -0.565. The van der Waals surface area contributed by atoms with Crippen LogP contribution < -0.4 is 9.64 Å². The van der Waals surface area contributed by atoms with Gasteiger partial charge in [-0.3, -0.25) is 0 Å². The quantitative estimate of drug-likeness (QED) is 0.177. The van der Waals surface area contributed by atoms with E-state index >= 15 is 0 Å². The van der Waals surface area contributed by atoms with Crippen molar-refractivity contribution < 1.29 is 4.74 Å². The Morgan fingerprint density at radius 2 is 0.820 bits per heavy atom. The van der Waals surface area contributed by atoms with Crippen molar-refractivity contribution in [1.29, 1.82) is 0 Å². The Morgan fingerprint density at radius 1 is 0.311 bits per heavy atom. The van der Waals surface area contributed by atoms with E-state index in [9.17, 15) is 0 Å². The van der Waals surface area contributed by atoms with Gasteiger partial charge in [0.15, 0.2) is 0 Å². The van der Waals surface area contributed by atoms with Crippen molar-refractivity contribution >= 4 is 60.2 Å². The average Bonchev–Trinajstić information content (AvgIpc) is 3.61. The summed E-state index contributed by atoms with van der Waals surface area (Å²) >= 11 is 0. The van der Waals surface area contributed by atoms with Crippen LogP contribution in [0.4, 0.5) is 17.1 Å². The molecule has 0 fully saturated rings. The Morgan fingerprint density at radius 3 is 1.54 bits per heavy atom. The van der Waals surface area contributed by atoms with Crippen LogP contribution in [0.2, 0.25) is 0 Å². The van der Waals surface area contributed by atoms with Crippen molar-refractivity contribution in [3.05, 3.63) is 247 Å². The lowest BCUT2D eigenvalue weighted by molar-refractivity contribution is 0.447. The Kier molecular flexibility index (Phi) is 7.26. The smallest absolute Gasteiger partial charge is 0.140 e. The number of hydrogen-bond donors (Lipinski definition) is 0. The highest BCUT2D eigenvalue weighted by Gasteiger charge is 2.51. The summed E-state index contributed by atoms with van der Waals surface area (Å²) in [5.74, 6) is 1.87. The van der Waals surface area contributed by atoms with Crippen molar-refractivity contribution in [2.75, 3.05) is 4.90 Å². The van der Waals surface area contributed by atoms with Crippen LogP contribution in [0.15, 0.2) is 224 Å². The fourth-order valence-electron chi connectivity index (χ4n) is 10.5. The number of anilines is 3. The van der Waals surface area contributed by atoms with Gasteiger partial charge in [-0.15, -0.1) is 0 Å². The maximum atomic E-state index is 7.15. The lowest BCUT2D eigenvalue weighted by Gasteiger charge is -2.40. The molecular formula is C59H37NO. The standard InChI is InChI=1S/C59H37NO/c1-2-16-43-36-46(32-26-38(43)12-1)60(56-23-11-17-40-13-3-6-18-47(40)56)45-30-24-39(25-31-45)44-29-33-53-51(37-44)50-21-9-10-22-52(50)59(53)54-34-27-41-14-4-7-19-48(41)57(54)61-58-49-20-8-5-15-42(49)28-35-55(58)59/h1-37H. The molecule has 0 bridgehead atoms. The highest BCUT2D eigenvalue weighted by atomic mass is 16.5. The number of nitrogens with zero attached hydrogens (tertiary/aromatic N) is 1. The number of fused-ring (bicyclic) bond motifs is 15. The molecule has 0 saturated heterocycles. The molecule has 0 atom stereocenters.